The second kappa shape index (κ2) is 7.48. The van der Waals surface area contributed by atoms with E-state index in [0.29, 0.717) is 0 Å². The lowest BCUT2D eigenvalue weighted by molar-refractivity contribution is -0.0190. The summed E-state index contributed by atoms with van der Waals surface area (Å²) in [7, 11) is 0. The van der Waals surface area contributed by atoms with Gasteiger partial charge in [-0.2, -0.15) is 5.10 Å². The number of hydrazone groups is 1. The highest BCUT2D eigenvalue weighted by Gasteiger charge is 2.40. The summed E-state index contributed by atoms with van der Waals surface area (Å²) in [5.74, 6) is 1.44. The highest BCUT2D eigenvalue weighted by molar-refractivity contribution is 6.02. The monoisotopic (exact) mass is 402 g/mol. The van der Waals surface area contributed by atoms with Gasteiger partial charge < -0.3 is 9.47 Å². The molecule has 30 heavy (non-hydrogen) atoms. The first-order valence-electron chi connectivity index (χ1n) is 10.2. The zero-order valence-electron chi connectivity index (χ0n) is 17.0. The van der Waals surface area contributed by atoms with Gasteiger partial charge in [0.2, 0.25) is 6.23 Å². The van der Waals surface area contributed by atoms with Gasteiger partial charge in [0.25, 0.3) is 0 Å². The van der Waals surface area contributed by atoms with Crippen LogP contribution >= 0.6 is 0 Å². The maximum atomic E-state index is 13.5. The molecule has 0 aromatic heterocycles. The Bertz CT molecular complexity index is 1080. The fourth-order valence-corrected chi connectivity index (χ4v) is 4.05. The fraction of sp³-hybridized carbons (Fsp3) is 0.240. The van der Waals surface area contributed by atoms with Gasteiger partial charge in [0.15, 0.2) is 0 Å². The van der Waals surface area contributed by atoms with Gasteiger partial charge in [-0.15, -0.1) is 0 Å². The summed E-state index contributed by atoms with van der Waals surface area (Å²) < 4.78 is 25.5. The van der Waals surface area contributed by atoms with E-state index in [0.717, 1.165) is 40.3 Å². The number of benzene rings is 3. The Labute approximate surface area is 175 Å². The molecule has 0 fully saturated rings. The molecule has 0 bridgehead atoms. The molecule has 3 aromatic rings. The third-order valence-corrected chi connectivity index (χ3v) is 5.41. The number of rotatable bonds is 4. The first-order valence-corrected chi connectivity index (χ1v) is 10.2. The number of fused-ring (bicyclic) bond motifs is 3. The Morgan fingerprint density at radius 3 is 2.47 bits per heavy atom. The largest absolute Gasteiger partial charge is 0.491 e. The van der Waals surface area contributed by atoms with Crippen molar-refractivity contribution in [2.75, 3.05) is 0 Å². The van der Waals surface area contributed by atoms with Gasteiger partial charge in [-0.25, -0.2) is 9.40 Å². The quantitative estimate of drug-likeness (QED) is 0.549. The molecule has 0 N–H and O–H groups in total. The van der Waals surface area contributed by atoms with Gasteiger partial charge in [-0.1, -0.05) is 30.3 Å². The first kappa shape index (κ1) is 18.7. The molecule has 152 valence electrons. The number of para-hydroxylation sites is 1. The Kier molecular flexibility index (Phi) is 4.66. The molecule has 2 aliphatic rings. The van der Waals surface area contributed by atoms with Gasteiger partial charge in [0, 0.05) is 17.5 Å². The van der Waals surface area contributed by atoms with E-state index < -0.39 is 6.23 Å². The van der Waals surface area contributed by atoms with Gasteiger partial charge in [0.1, 0.15) is 17.3 Å². The van der Waals surface area contributed by atoms with E-state index in [-0.39, 0.29) is 18.0 Å². The van der Waals surface area contributed by atoms with E-state index in [1.54, 1.807) is 12.1 Å². The smallest absolute Gasteiger partial charge is 0.213 e. The standard InChI is InChI=1S/C25H23FN2O2/c1-16(2)29-20-13-9-17(10-14-20)22-15-23-21-5-3-4-6-24(21)30-25(28(23)27-22)18-7-11-19(26)12-8-18/h3-14,16,23,25H,15H2,1-2H3/t23-,25+/m1/s1. The van der Waals surface area contributed by atoms with E-state index in [2.05, 4.69) is 18.2 Å². The summed E-state index contributed by atoms with van der Waals surface area (Å²) in [5, 5.41) is 6.94. The molecule has 0 aliphatic carbocycles. The molecule has 3 aromatic carbocycles. The zero-order valence-corrected chi connectivity index (χ0v) is 17.0. The van der Waals surface area contributed by atoms with Crippen LogP contribution in [0.4, 0.5) is 4.39 Å². The number of hydrogen-bond donors (Lipinski definition) is 0. The lowest BCUT2D eigenvalue weighted by atomic mass is 9.96. The van der Waals surface area contributed by atoms with Crippen LogP contribution in [0.2, 0.25) is 0 Å². The van der Waals surface area contributed by atoms with Crippen LogP contribution in [0.15, 0.2) is 77.9 Å². The minimum Gasteiger partial charge on any atom is -0.491 e. The minimum absolute atomic E-state index is 0.0755. The topological polar surface area (TPSA) is 34.1 Å². The van der Waals surface area contributed by atoms with E-state index in [4.69, 9.17) is 14.6 Å². The maximum absolute atomic E-state index is 13.5. The summed E-state index contributed by atoms with van der Waals surface area (Å²) >= 11 is 0. The lowest BCUT2D eigenvalue weighted by Gasteiger charge is -2.38. The second-order valence-corrected chi connectivity index (χ2v) is 7.90. The van der Waals surface area contributed by atoms with Crippen LogP contribution in [0.1, 0.15) is 49.2 Å². The molecule has 0 spiro atoms. The molecule has 0 unspecified atom stereocenters. The molecule has 0 saturated heterocycles. The lowest BCUT2D eigenvalue weighted by Crippen LogP contribution is -2.33. The predicted octanol–water partition coefficient (Wildman–Crippen LogP) is 5.86. The van der Waals surface area contributed by atoms with Crippen molar-refractivity contribution in [2.24, 2.45) is 5.10 Å². The third kappa shape index (κ3) is 3.41. The number of hydrogen-bond acceptors (Lipinski definition) is 4. The molecule has 2 aliphatic heterocycles. The Morgan fingerprint density at radius 1 is 1.00 bits per heavy atom. The number of ether oxygens (including phenoxy) is 2. The van der Waals surface area contributed by atoms with Crippen LogP contribution in [0.3, 0.4) is 0 Å². The average molecular weight is 402 g/mol. The van der Waals surface area contributed by atoms with E-state index in [1.807, 2.05) is 49.2 Å². The molecule has 2 heterocycles. The van der Waals surface area contributed by atoms with Crippen LogP contribution in [0.25, 0.3) is 0 Å². The van der Waals surface area contributed by atoms with Crippen molar-refractivity contribution in [1.29, 1.82) is 0 Å². The predicted molar refractivity (Wildman–Crippen MR) is 114 cm³/mol. The van der Waals surface area contributed by atoms with Gasteiger partial charge in [-0.05, 0) is 61.9 Å². The number of halogens is 1. The molecule has 2 atom stereocenters. The highest BCUT2D eigenvalue weighted by Crippen LogP contribution is 2.47. The molecular formula is C25H23FN2O2. The fourth-order valence-electron chi connectivity index (χ4n) is 4.05. The molecule has 5 heteroatoms. The summed E-state index contributed by atoms with van der Waals surface area (Å²) in [6.07, 6.45) is 0.521. The Hall–Kier alpha value is -3.34. The van der Waals surface area contributed by atoms with Crippen LogP contribution in [0.5, 0.6) is 11.5 Å². The van der Waals surface area contributed by atoms with Crippen molar-refractivity contribution in [3.8, 4) is 11.5 Å². The van der Waals surface area contributed by atoms with Crippen molar-refractivity contribution >= 4 is 5.71 Å². The maximum Gasteiger partial charge on any atom is 0.213 e. The van der Waals surface area contributed by atoms with E-state index >= 15 is 0 Å². The van der Waals surface area contributed by atoms with E-state index in [9.17, 15) is 4.39 Å². The molecule has 0 saturated carbocycles. The molecule has 4 nitrogen and oxygen atoms in total. The van der Waals surface area contributed by atoms with Crippen molar-refractivity contribution in [3.05, 3.63) is 95.3 Å². The van der Waals surface area contributed by atoms with E-state index in [1.165, 1.54) is 12.1 Å². The molecule has 0 radical (unpaired) electrons. The Morgan fingerprint density at radius 2 is 1.73 bits per heavy atom. The molecular weight excluding hydrogens is 379 g/mol. The van der Waals surface area contributed by atoms with Crippen molar-refractivity contribution in [3.63, 3.8) is 0 Å². The summed E-state index contributed by atoms with van der Waals surface area (Å²) in [5.41, 5.74) is 4.07. The highest BCUT2D eigenvalue weighted by atomic mass is 19.1. The summed E-state index contributed by atoms with van der Waals surface area (Å²) in [6, 6.07) is 22.7. The van der Waals surface area contributed by atoms with Gasteiger partial charge >= 0.3 is 0 Å². The molecule has 5 rings (SSSR count). The van der Waals surface area contributed by atoms with Gasteiger partial charge in [0.05, 0.1) is 17.9 Å². The summed E-state index contributed by atoms with van der Waals surface area (Å²) in [6.45, 7) is 4.03. The molecule has 0 amide bonds. The van der Waals surface area contributed by atoms with Crippen LogP contribution < -0.4 is 9.47 Å². The Balaban J connectivity index is 1.50. The SMILES string of the molecule is CC(C)Oc1ccc(C2=NN3[C@H](C2)c2ccccc2O[C@H]3c2ccc(F)cc2)cc1. The minimum atomic E-state index is -0.397. The van der Waals surface area contributed by atoms with Crippen LogP contribution in [-0.2, 0) is 0 Å². The van der Waals surface area contributed by atoms with Gasteiger partial charge in [-0.3, -0.25) is 0 Å². The number of nitrogens with zero attached hydrogens (tertiary/aromatic N) is 2. The van der Waals surface area contributed by atoms with Crippen molar-refractivity contribution < 1.29 is 13.9 Å². The zero-order chi connectivity index (χ0) is 20.7. The van der Waals surface area contributed by atoms with Crippen molar-refractivity contribution in [1.82, 2.24) is 5.01 Å². The second-order valence-electron chi connectivity index (χ2n) is 7.90. The van der Waals surface area contributed by atoms with Crippen molar-refractivity contribution in [2.45, 2.75) is 38.6 Å². The average Bonchev–Trinajstić information content (AvgIpc) is 3.20. The van der Waals surface area contributed by atoms with Crippen LogP contribution in [-0.4, -0.2) is 16.8 Å². The normalized spacial score (nSPS) is 19.7. The summed E-state index contributed by atoms with van der Waals surface area (Å²) in [4.78, 5) is 0. The van der Waals surface area contributed by atoms with Crippen LogP contribution in [0, 0.1) is 5.82 Å². The third-order valence-electron chi connectivity index (χ3n) is 5.41. The first-order chi connectivity index (χ1) is 14.6.